The molecule has 2 aliphatic rings. The fourth-order valence-electron chi connectivity index (χ4n) is 4.73. The summed E-state index contributed by atoms with van der Waals surface area (Å²) < 4.78 is 0. The molecule has 1 unspecified atom stereocenters. The smallest absolute Gasteiger partial charge is 0.337 e. The van der Waals surface area contributed by atoms with Gasteiger partial charge in [-0.05, 0) is 70.9 Å². The average Bonchev–Trinajstić information content (AvgIpc) is 3.15. The molecule has 3 heteroatoms. The number of aromatic carboxylic acids is 1. The van der Waals surface area contributed by atoms with Crippen LogP contribution in [0.15, 0.2) is 42.6 Å². The third kappa shape index (κ3) is 3.28. The lowest BCUT2D eigenvalue weighted by Crippen LogP contribution is -2.33. The zero-order chi connectivity index (χ0) is 20.1. The Morgan fingerprint density at radius 1 is 1.04 bits per heavy atom. The van der Waals surface area contributed by atoms with Crippen LogP contribution in [0, 0.1) is 0 Å². The van der Waals surface area contributed by atoms with Crippen molar-refractivity contribution in [1.29, 1.82) is 0 Å². The topological polar surface area (TPSA) is 50.2 Å². The Labute approximate surface area is 167 Å². The van der Waals surface area contributed by atoms with Crippen molar-refractivity contribution in [2.45, 2.75) is 70.1 Å². The Morgan fingerprint density at radius 3 is 2.39 bits per heavy atom. The van der Waals surface area contributed by atoms with E-state index in [1.165, 1.54) is 41.3 Å². The standard InChI is InChI=1S/C25H29NO2/c1-24(2)11-12-25(3,4)21-14-17(7-9-20(21)24)16-5-6-18(13-16)22-10-8-19(15-26-22)23(27)28/h7-10,13-15,18H,5-6,11-12H2,1-4H3,(H,27,28). The van der Waals surface area contributed by atoms with Gasteiger partial charge in [-0.3, -0.25) is 4.98 Å². The van der Waals surface area contributed by atoms with Crippen molar-refractivity contribution in [3.63, 3.8) is 0 Å². The Bertz CT molecular complexity index is 951. The van der Waals surface area contributed by atoms with Gasteiger partial charge in [0.05, 0.1) is 5.56 Å². The molecule has 0 saturated carbocycles. The van der Waals surface area contributed by atoms with Crippen LogP contribution in [0.3, 0.4) is 0 Å². The largest absolute Gasteiger partial charge is 0.478 e. The molecule has 0 saturated heterocycles. The minimum atomic E-state index is -0.929. The lowest BCUT2D eigenvalue weighted by atomic mass is 9.63. The van der Waals surface area contributed by atoms with E-state index in [1.54, 1.807) is 6.07 Å². The minimum Gasteiger partial charge on any atom is -0.478 e. The average molecular weight is 376 g/mol. The van der Waals surface area contributed by atoms with Gasteiger partial charge in [0, 0.05) is 17.8 Å². The molecule has 2 aromatic rings. The predicted molar refractivity (Wildman–Crippen MR) is 113 cm³/mol. The minimum absolute atomic E-state index is 0.216. The van der Waals surface area contributed by atoms with Crippen molar-refractivity contribution < 1.29 is 9.90 Å². The van der Waals surface area contributed by atoms with E-state index >= 15 is 0 Å². The number of carboxylic acids is 1. The first kappa shape index (κ1) is 18.9. The lowest BCUT2D eigenvalue weighted by Gasteiger charge is -2.42. The molecule has 1 heterocycles. The highest BCUT2D eigenvalue weighted by Gasteiger charge is 2.37. The van der Waals surface area contributed by atoms with E-state index in [-0.39, 0.29) is 22.3 Å². The summed E-state index contributed by atoms with van der Waals surface area (Å²) in [5.74, 6) is -0.667. The number of pyridine rings is 1. The molecular formula is C25H29NO2. The van der Waals surface area contributed by atoms with Gasteiger partial charge in [0.1, 0.15) is 0 Å². The number of allylic oxidation sites excluding steroid dienone is 2. The van der Waals surface area contributed by atoms with Crippen LogP contribution in [-0.4, -0.2) is 16.1 Å². The van der Waals surface area contributed by atoms with E-state index in [0.29, 0.717) is 0 Å². The van der Waals surface area contributed by atoms with E-state index < -0.39 is 5.97 Å². The van der Waals surface area contributed by atoms with E-state index in [0.717, 1.165) is 18.5 Å². The number of fused-ring (bicyclic) bond motifs is 1. The van der Waals surface area contributed by atoms with Crippen LogP contribution >= 0.6 is 0 Å². The summed E-state index contributed by atoms with van der Waals surface area (Å²) in [6.45, 7) is 9.45. The summed E-state index contributed by atoms with van der Waals surface area (Å²) in [5, 5.41) is 9.06. The molecule has 2 aliphatic carbocycles. The maximum Gasteiger partial charge on any atom is 0.337 e. The summed E-state index contributed by atoms with van der Waals surface area (Å²) in [4.78, 5) is 15.4. The Kier molecular flexibility index (Phi) is 4.45. The highest BCUT2D eigenvalue weighted by molar-refractivity contribution is 5.87. The fraction of sp³-hybridized carbons (Fsp3) is 0.440. The Balaban J connectivity index is 1.65. The number of nitrogens with zero attached hydrogens (tertiary/aromatic N) is 1. The molecule has 1 aromatic carbocycles. The zero-order valence-corrected chi connectivity index (χ0v) is 17.2. The number of hydrogen-bond donors (Lipinski definition) is 1. The molecule has 1 atom stereocenters. The quantitative estimate of drug-likeness (QED) is 0.706. The van der Waals surface area contributed by atoms with Gasteiger partial charge in [0.2, 0.25) is 0 Å². The highest BCUT2D eigenvalue weighted by Crippen LogP contribution is 2.47. The van der Waals surface area contributed by atoms with Gasteiger partial charge in [-0.15, -0.1) is 0 Å². The molecule has 0 radical (unpaired) electrons. The van der Waals surface area contributed by atoms with Gasteiger partial charge >= 0.3 is 5.97 Å². The Morgan fingerprint density at radius 2 is 1.75 bits per heavy atom. The highest BCUT2D eigenvalue weighted by atomic mass is 16.4. The number of benzene rings is 1. The van der Waals surface area contributed by atoms with Gasteiger partial charge in [0.15, 0.2) is 0 Å². The van der Waals surface area contributed by atoms with E-state index in [4.69, 9.17) is 5.11 Å². The summed E-state index contributed by atoms with van der Waals surface area (Å²) in [6, 6.07) is 10.6. The fourth-order valence-corrected chi connectivity index (χ4v) is 4.73. The van der Waals surface area contributed by atoms with E-state index in [2.05, 4.69) is 57.0 Å². The van der Waals surface area contributed by atoms with Crippen molar-refractivity contribution in [2.24, 2.45) is 0 Å². The van der Waals surface area contributed by atoms with Crippen LogP contribution in [0.4, 0.5) is 0 Å². The normalized spacial score (nSPS) is 22.4. The Hall–Kier alpha value is -2.42. The van der Waals surface area contributed by atoms with Crippen LogP contribution < -0.4 is 0 Å². The third-order valence-corrected chi connectivity index (χ3v) is 6.76. The molecule has 1 aromatic heterocycles. The van der Waals surface area contributed by atoms with Crippen LogP contribution in [0.2, 0.25) is 0 Å². The molecule has 0 spiro atoms. The van der Waals surface area contributed by atoms with Gasteiger partial charge in [-0.1, -0.05) is 52.0 Å². The van der Waals surface area contributed by atoms with E-state index in [9.17, 15) is 4.79 Å². The van der Waals surface area contributed by atoms with Gasteiger partial charge in [0.25, 0.3) is 0 Å². The summed E-state index contributed by atoms with van der Waals surface area (Å²) >= 11 is 0. The number of carbonyl (C=O) groups is 1. The first-order valence-electron chi connectivity index (χ1n) is 10.2. The van der Waals surface area contributed by atoms with Crippen LogP contribution in [0.5, 0.6) is 0 Å². The molecule has 0 amide bonds. The molecule has 28 heavy (non-hydrogen) atoms. The maximum absolute atomic E-state index is 11.0. The molecular weight excluding hydrogens is 346 g/mol. The van der Waals surface area contributed by atoms with Crippen LogP contribution in [0.25, 0.3) is 5.57 Å². The van der Waals surface area contributed by atoms with Crippen molar-refractivity contribution in [1.82, 2.24) is 4.98 Å². The number of rotatable bonds is 3. The lowest BCUT2D eigenvalue weighted by molar-refractivity contribution is 0.0696. The first-order valence-corrected chi connectivity index (χ1v) is 10.2. The predicted octanol–water partition coefficient (Wildman–Crippen LogP) is 6.09. The third-order valence-electron chi connectivity index (χ3n) is 6.76. The SMILES string of the molecule is CC1(C)CCC(C)(C)c2cc(C3=CC(c4ccc(C(=O)O)cn4)CC3)ccc21. The molecule has 0 bridgehead atoms. The second-order valence-corrected chi connectivity index (χ2v) is 9.64. The summed E-state index contributed by atoms with van der Waals surface area (Å²) in [6.07, 6.45) is 8.31. The van der Waals surface area contributed by atoms with Crippen molar-refractivity contribution in [2.75, 3.05) is 0 Å². The second kappa shape index (κ2) is 6.58. The summed E-state index contributed by atoms with van der Waals surface area (Å²) in [7, 11) is 0. The van der Waals surface area contributed by atoms with Crippen molar-refractivity contribution >= 4 is 11.5 Å². The second-order valence-electron chi connectivity index (χ2n) is 9.64. The van der Waals surface area contributed by atoms with Crippen molar-refractivity contribution in [3.05, 3.63) is 70.6 Å². The zero-order valence-electron chi connectivity index (χ0n) is 17.2. The van der Waals surface area contributed by atoms with Crippen LogP contribution in [0.1, 0.15) is 92.0 Å². The first-order chi connectivity index (χ1) is 13.2. The van der Waals surface area contributed by atoms with E-state index in [1.807, 2.05) is 6.07 Å². The molecule has 4 rings (SSSR count). The van der Waals surface area contributed by atoms with Crippen LogP contribution in [-0.2, 0) is 10.8 Å². The molecule has 0 fully saturated rings. The van der Waals surface area contributed by atoms with Gasteiger partial charge < -0.3 is 5.11 Å². The van der Waals surface area contributed by atoms with Crippen molar-refractivity contribution in [3.8, 4) is 0 Å². The summed E-state index contributed by atoms with van der Waals surface area (Å²) in [5.41, 5.74) is 7.36. The molecule has 3 nitrogen and oxygen atoms in total. The van der Waals surface area contributed by atoms with Gasteiger partial charge in [-0.2, -0.15) is 0 Å². The maximum atomic E-state index is 11.0. The number of hydrogen-bond acceptors (Lipinski definition) is 2. The monoisotopic (exact) mass is 375 g/mol. The number of carboxylic acid groups (broad SMARTS) is 1. The molecule has 1 N–H and O–H groups in total. The van der Waals surface area contributed by atoms with Gasteiger partial charge in [-0.25, -0.2) is 4.79 Å². The molecule has 146 valence electrons. The molecule has 0 aliphatic heterocycles. The number of aromatic nitrogens is 1.